The first-order valence-corrected chi connectivity index (χ1v) is 6.70. The summed E-state index contributed by atoms with van der Waals surface area (Å²) in [6.07, 6.45) is 1.08. The van der Waals surface area contributed by atoms with Crippen LogP contribution in [0.4, 0.5) is 4.39 Å². The molecule has 1 aromatic carbocycles. The molecular formula is C15H24FNO. The normalized spacial score (nSPS) is 12.8. The molecule has 0 aliphatic carbocycles. The van der Waals surface area contributed by atoms with E-state index in [4.69, 9.17) is 4.74 Å². The van der Waals surface area contributed by atoms with Gasteiger partial charge >= 0.3 is 0 Å². The molecule has 18 heavy (non-hydrogen) atoms. The number of nitrogens with one attached hydrogen (secondary N) is 1. The summed E-state index contributed by atoms with van der Waals surface area (Å²) >= 11 is 0. The van der Waals surface area contributed by atoms with Crippen molar-refractivity contribution >= 4 is 0 Å². The monoisotopic (exact) mass is 253 g/mol. The minimum absolute atomic E-state index is 0.174. The lowest BCUT2D eigenvalue weighted by molar-refractivity contribution is 0.265. The Balaban J connectivity index is 2.81. The van der Waals surface area contributed by atoms with E-state index in [0.29, 0.717) is 18.3 Å². The van der Waals surface area contributed by atoms with Gasteiger partial charge in [-0.1, -0.05) is 26.8 Å². The quantitative estimate of drug-likeness (QED) is 0.795. The lowest BCUT2D eigenvalue weighted by Crippen LogP contribution is -2.20. The van der Waals surface area contributed by atoms with Gasteiger partial charge in [0.1, 0.15) is 11.6 Å². The summed E-state index contributed by atoms with van der Waals surface area (Å²) in [6, 6.07) is 4.94. The van der Waals surface area contributed by atoms with E-state index in [1.54, 1.807) is 6.07 Å². The average molecular weight is 253 g/mol. The zero-order valence-electron chi connectivity index (χ0n) is 11.8. The van der Waals surface area contributed by atoms with Crippen LogP contribution in [0.5, 0.6) is 5.75 Å². The van der Waals surface area contributed by atoms with E-state index in [0.717, 1.165) is 18.5 Å². The molecule has 3 heteroatoms. The molecule has 0 saturated carbocycles. The van der Waals surface area contributed by atoms with Crippen LogP contribution in [-0.2, 0) is 0 Å². The van der Waals surface area contributed by atoms with Gasteiger partial charge in [-0.25, -0.2) is 4.39 Å². The standard InChI is InChI=1S/C15H24FNO/c1-5-8-17-12(4)14-7-6-13(16)9-15(14)18-10-11(2)3/h6-7,9,11-12,17H,5,8,10H2,1-4H3. The van der Waals surface area contributed by atoms with E-state index >= 15 is 0 Å². The summed E-state index contributed by atoms with van der Waals surface area (Å²) in [4.78, 5) is 0. The van der Waals surface area contributed by atoms with Crippen molar-refractivity contribution in [2.24, 2.45) is 5.92 Å². The van der Waals surface area contributed by atoms with Crippen LogP contribution in [0.15, 0.2) is 18.2 Å². The summed E-state index contributed by atoms with van der Waals surface area (Å²) in [6.45, 7) is 9.92. The molecule has 0 aliphatic heterocycles. The van der Waals surface area contributed by atoms with Crippen LogP contribution in [0.1, 0.15) is 45.7 Å². The molecule has 0 aliphatic rings. The van der Waals surface area contributed by atoms with Gasteiger partial charge in [0.25, 0.3) is 0 Å². The molecule has 0 aromatic heterocycles. The van der Waals surface area contributed by atoms with Gasteiger partial charge in [-0.15, -0.1) is 0 Å². The van der Waals surface area contributed by atoms with E-state index in [9.17, 15) is 4.39 Å². The van der Waals surface area contributed by atoms with Gasteiger partial charge in [0.2, 0.25) is 0 Å². The lowest BCUT2D eigenvalue weighted by atomic mass is 10.1. The Morgan fingerprint density at radius 1 is 1.28 bits per heavy atom. The van der Waals surface area contributed by atoms with E-state index in [1.807, 2.05) is 0 Å². The number of benzene rings is 1. The number of hydrogen-bond donors (Lipinski definition) is 1. The number of ether oxygens (including phenoxy) is 1. The van der Waals surface area contributed by atoms with Crippen molar-refractivity contribution in [3.05, 3.63) is 29.6 Å². The molecule has 1 rings (SSSR count). The van der Waals surface area contributed by atoms with Crippen LogP contribution in [-0.4, -0.2) is 13.2 Å². The van der Waals surface area contributed by atoms with Gasteiger partial charge in [-0.3, -0.25) is 0 Å². The van der Waals surface area contributed by atoms with Crippen LogP contribution >= 0.6 is 0 Å². The Hall–Kier alpha value is -1.09. The maximum absolute atomic E-state index is 13.3. The number of rotatable bonds is 7. The van der Waals surface area contributed by atoms with Crippen LogP contribution < -0.4 is 10.1 Å². The van der Waals surface area contributed by atoms with Crippen molar-refractivity contribution < 1.29 is 9.13 Å². The minimum Gasteiger partial charge on any atom is -0.493 e. The second-order valence-corrected chi connectivity index (χ2v) is 5.06. The predicted octanol–water partition coefficient (Wildman–Crippen LogP) is 3.92. The number of hydrogen-bond acceptors (Lipinski definition) is 2. The molecule has 102 valence electrons. The third-order valence-corrected chi connectivity index (χ3v) is 2.71. The van der Waals surface area contributed by atoms with E-state index in [-0.39, 0.29) is 11.9 Å². The molecule has 1 aromatic rings. The van der Waals surface area contributed by atoms with Crippen LogP contribution in [0, 0.1) is 11.7 Å². The van der Waals surface area contributed by atoms with Gasteiger partial charge in [0.05, 0.1) is 6.61 Å². The Morgan fingerprint density at radius 3 is 2.61 bits per heavy atom. The third kappa shape index (κ3) is 4.65. The van der Waals surface area contributed by atoms with Crippen LogP contribution in [0.3, 0.4) is 0 Å². The Morgan fingerprint density at radius 2 is 2.00 bits per heavy atom. The van der Waals surface area contributed by atoms with Crippen molar-refractivity contribution in [2.45, 2.75) is 40.2 Å². The fourth-order valence-corrected chi connectivity index (χ4v) is 1.72. The second kappa shape index (κ2) is 7.37. The van der Waals surface area contributed by atoms with Crippen molar-refractivity contribution in [1.29, 1.82) is 0 Å². The fourth-order valence-electron chi connectivity index (χ4n) is 1.72. The molecule has 0 saturated heterocycles. The molecule has 2 nitrogen and oxygen atoms in total. The zero-order valence-corrected chi connectivity index (χ0v) is 11.8. The highest BCUT2D eigenvalue weighted by atomic mass is 19.1. The molecule has 0 spiro atoms. The van der Waals surface area contributed by atoms with Gasteiger partial charge in [-0.2, -0.15) is 0 Å². The van der Waals surface area contributed by atoms with Gasteiger partial charge in [0, 0.05) is 17.7 Å². The molecule has 0 radical (unpaired) electrons. The summed E-state index contributed by atoms with van der Waals surface area (Å²) in [5, 5.41) is 3.39. The van der Waals surface area contributed by atoms with Crippen LogP contribution in [0.2, 0.25) is 0 Å². The SMILES string of the molecule is CCCNC(C)c1ccc(F)cc1OCC(C)C. The van der Waals surface area contributed by atoms with E-state index in [2.05, 4.69) is 33.0 Å². The van der Waals surface area contributed by atoms with Gasteiger partial charge in [0.15, 0.2) is 0 Å². The highest BCUT2D eigenvalue weighted by Crippen LogP contribution is 2.26. The molecule has 0 amide bonds. The Kier molecular flexibility index (Phi) is 6.13. The summed E-state index contributed by atoms with van der Waals surface area (Å²) < 4.78 is 19.0. The molecule has 0 bridgehead atoms. The third-order valence-electron chi connectivity index (χ3n) is 2.71. The predicted molar refractivity (Wildman–Crippen MR) is 73.4 cm³/mol. The first-order chi connectivity index (χ1) is 8.54. The zero-order chi connectivity index (χ0) is 13.5. The molecule has 1 atom stereocenters. The highest BCUT2D eigenvalue weighted by Gasteiger charge is 2.12. The van der Waals surface area contributed by atoms with Gasteiger partial charge in [-0.05, 0) is 31.9 Å². The molecule has 0 heterocycles. The first-order valence-electron chi connectivity index (χ1n) is 6.70. The van der Waals surface area contributed by atoms with E-state index in [1.165, 1.54) is 12.1 Å². The molecule has 0 fully saturated rings. The fraction of sp³-hybridized carbons (Fsp3) is 0.600. The Bertz CT molecular complexity index is 366. The van der Waals surface area contributed by atoms with Crippen molar-refractivity contribution in [1.82, 2.24) is 5.32 Å². The summed E-state index contributed by atoms with van der Waals surface area (Å²) in [7, 11) is 0. The smallest absolute Gasteiger partial charge is 0.126 e. The maximum atomic E-state index is 13.3. The van der Waals surface area contributed by atoms with Crippen LogP contribution in [0.25, 0.3) is 0 Å². The molecule has 1 N–H and O–H groups in total. The number of halogens is 1. The summed E-state index contributed by atoms with van der Waals surface area (Å²) in [5.74, 6) is 0.833. The second-order valence-electron chi connectivity index (χ2n) is 5.06. The first kappa shape index (κ1) is 15.0. The van der Waals surface area contributed by atoms with Crippen molar-refractivity contribution in [2.75, 3.05) is 13.2 Å². The topological polar surface area (TPSA) is 21.3 Å². The van der Waals surface area contributed by atoms with Crippen molar-refractivity contribution in [3.63, 3.8) is 0 Å². The van der Waals surface area contributed by atoms with Gasteiger partial charge < -0.3 is 10.1 Å². The lowest BCUT2D eigenvalue weighted by Gasteiger charge is -2.19. The van der Waals surface area contributed by atoms with E-state index < -0.39 is 0 Å². The summed E-state index contributed by atoms with van der Waals surface area (Å²) in [5.41, 5.74) is 1.02. The molecular weight excluding hydrogens is 229 g/mol. The molecule has 1 unspecified atom stereocenters. The highest BCUT2D eigenvalue weighted by molar-refractivity contribution is 5.36. The largest absolute Gasteiger partial charge is 0.493 e. The average Bonchev–Trinajstić information content (AvgIpc) is 2.33. The Labute approximate surface area is 110 Å². The maximum Gasteiger partial charge on any atom is 0.126 e. The minimum atomic E-state index is -0.250. The van der Waals surface area contributed by atoms with Crippen molar-refractivity contribution in [3.8, 4) is 5.75 Å².